The molecular weight excluding hydrogens is 343 g/mol. The van der Waals surface area contributed by atoms with Gasteiger partial charge in [-0.1, -0.05) is 0 Å². The molecule has 3 heterocycles. The molecule has 0 aliphatic carbocycles. The van der Waals surface area contributed by atoms with Crippen LogP contribution in [0.3, 0.4) is 0 Å². The van der Waals surface area contributed by atoms with Gasteiger partial charge in [0.2, 0.25) is 0 Å². The smallest absolute Gasteiger partial charge is 0.340 e. The first kappa shape index (κ1) is 17.5. The van der Waals surface area contributed by atoms with E-state index in [1.54, 1.807) is 24.5 Å². The van der Waals surface area contributed by atoms with Gasteiger partial charge in [-0.25, -0.2) is 9.18 Å². The van der Waals surface area contributed by atoms with Gasteiger partial charge in [-0.2, -0.15) is 0 Å². The van der Waals surface area contributed by atoms with E-state index >= 15 is 0 Å². The Kier molecular flexibility index (Phi) is 4.75. The molecule has 0 radical (unpaired) electrons. The number of pyridine rings is 1. The maximum atomic E-state index is 13.5. The topological polar surface area (TPSA) is 44.1 Å². The Bertz CT molecular complexity index is 962. The zero-order chi connectivity index (χ0) is 18.8. The predicted octanol–water partition coefficient (Wildman–Crippen LogP) is 4.87. The first-order valence-corrected chi connectivity index (χ1v) is 9.29. The van der Waals surface area contributed by atoms with Crippen molar-refractivity contribution in [1.82, 2.24) is 9.55 Å². The highest BCUT2D eigenvalue weighted by Gasteiger charge is 2.30. The summed E-state index contributed by atoms with van der Waals surface area (Å²) in [6.07, 6.45) is 6.35. The molecule has 5 heteroatoms. The molecule has 4 nitrogen and oxygen atoms in total. The average molecular weight is 364 g/mol. The third-order valence-electron chi connectivity index (χ3n) is 4.98. The van der Waals surface area contributed by atoms with Gasteiger partial charge < -0.3 is 9.30 Å². The lowest BCUT2D eigenvalue weighted by Gasteiger charge is -2.19. The quantitative estimate of drug-likeness (QED) is 0.621. The number of halogens is 1. The molecule has 0 atom stereocenters. The third kappa shape index (κ3) is 3.14. The molecule has 0 fully saturated rings. The zero-order valence-electron chi connectivity index (χ0n) is 15.2. The average Bonchev–Trinajstić information content (AvgIpc) is 3.05. The fourth-order valence-corrected chi connectivity index (χ4v) is 3.87. The van der Waals surface area contributed by atoms with Crippen LogP contribution in [0.5, 0.6) is 0 Å². The van der Waals surface area contributed by atoms with Crippen molar-refractivity contribution in [3.63, 3.8) is 0 Å². The molecule has 4 rings (SSSR count). The lowest BCUT2D eigenvalue weighted by molar-refractivity contribution is 0.0525. The summed E-state index contributed by atoms with van der Waals surface area (Å²) in [4.78, 5) is 17.0. The Balaban J connectivity index is 2.04. The molecule has 1 aromatic carbocycles. The van der Waals surface area contributed by atoms with Crippen LogP contribution in [-0.2, 0) is 17.7 Å². The SMILES string of the molecule is CCOC(=O)c1c(-c2ccncc2)c(-c2ccc(F)cc2)n2c1CCCC2. The van der Waals surface area contributed by atoms with Crippen LogP contribution in [0, 0.1) is 5.82 Å². The first-order chi connectivity index (χ1) is 13.2. The minimum Gasteiger partial charge on any atom is -0.462 e. The summed E-state index contributed by atoms with van der Waals surface area (Å²) in [5.41, 5.74) is 5.22. The van der Waals surface area contributed by atoms with Crippen LogP contribution in [0.25, 0.3) is 22.4 Å². The summed E-state index contributed by atoms with van der Waals surface area (Å²) < 4.78 is 21.1. The summed E-state index contributed by atoms with van der Waals surface area (Å²) in [7, 11) is 0. The van der Waals surface area contributed by atoms with Crippen LogP contribution < -0.4 is 0 Å². The van der Waals surface area contributed by atoms with Crippen LogP contribution >= 0.6 is 0 Å². The van der Waals surface area contributed by atoms with E-state index in [0.717, 1.165) is 53.9 Å². The second kappa shape index (κ2) is 7.35. The largest absolute Gasteiger partial charge is 0.462 e. The Labute approximate surface area is 157 Å². The second-order valence-corrected chi connectivity index (χ2v) is 6.62. The Hall–Kier alpha value is -2.95. The van der Waals surface area contributed by atoms with Crippen molar-refractivity contribution < 1.29 is 13.9 Å². The number of carbonyl (C=O) groups excluding carboxylic acids is 1. The molecule has 1 aliphatic heterocycles. The number of aromatic nitrogens is 2. The van der Waals surface area contributed by atoms with E-state index in [9.17, 15) is 9.18 Å². The van der Waals surface area contributed by atoms with Crippen LogP contribution in [0.4, 0.5) is 4.39 Å². The lowest BCUT2D eigenvalue weighted by Crippen LogP contribution is -2.14. The molecule has 2 aromatic heterocycles. The monoisotopic (exact) mass is 364 g/mol. The summed E-state index contributed by atoms with van der Waals surface area (Å²) >= 11 is 0. The van der Waals surface area contributed by atoms with Gasteiger partial charge in [0.05, 0.1) is 17.9 Å². The van der Waals surface area contributed by atoms with Gasteiger partial charge in [0, 0.05) is 30.2 Å². The number of fused-ring (bicyclic) bond motifs is 1. The number of esters is 1. The van der Waals surface area contributed by atoms with Crippen LogP contribution in [0.1, 0.15) is 35.8 Å². The highest BCUT2D eigenvalue weighted by atomic mass is 19.1. The predicted molar refractivity (Wildman–Crippen MR) is 102 cm³/mol. The van der Waals surface area contributed by atoms with Gasteiger partial charge in [0.1, 0.15) is 5.82 Å². The van der Waals surface area contributed by atoms with E-state index in [-0.39, 0.29) is 11.8 Å². The summed E-state index contributed by atoms with van der Waals surface area (Å²) in [5.74, 6) is -0.580. The van der Waals surface area contributed by atoms with Crippen LogP contribution in [0.2, 0.25) is 0 Å². The number of hydrogen-bond acceptors (Lipinski definition) is 3. The minimum atomic E-state index is -0.302. The summed E-state index contributed by atoms with van der Waals surface area (Å²) in [6, 6.07) is 10.3. The van der Waals surface area contributed by atoms with Crippen molar-refractivity contribution in [2.45, 2.75) is 32.7 Å². The second-order valence-electron chi connectivity index (χ2n) is 6.62. The number of carbonyl (C=O) groups is 1. The summed E-state index contributed by atoms with van der Waals surface area (Å²) in [5, 5.41) is 0. The van der Waals surface area contributed by atoms with Gasteiger partial charge in [0.25, 0.3) is 0 Å². The normalized spacial score (nSPS) is 13.3. The maximum absolute atomic E-state index is 13.5. The van der Waals surface area contributed by atoms with E-state index < -0.39 is 0 Å². The molecule has 27 heavy (non-hydrogen) atoms. The van der Waals surface area contributed by atoms with Gasteiger partial charge in [-0.05, 0) is 73.7 Å². The molecule has 0 amide bonds. The molecule has 0 saturated carbocycles. The molecule has 0 saturated heterocycles. The fourth-order valence-electron chi connectivity index (χ4n) is 3.87. The van der Waals surface area contributed by atoms with Gasteiger partial charge in [-0.3, -0.25) is 4.98 Å². The van der Waals surface area contributed by atoms with Crippen LogP contribution in [-0.4, -0.2) is 22.1 Å². The standard InChI is InChI=1S/C22H21FN2O2/c1-2-27-22(26)20-18-5-3-4-14-25(18)21(16-6-8-17(23)9-7-16)19(20)15-10-12-24-13-11-15/h6-13H,2-5,14H2,1H3. The van der Waals surface area contributed by atoms with E-state index in [4.69, 9.17) is 4.74 Å². The van der Waals surface area contributed by atoms with Crippen molar-refractivity contribution in [2.75, 3.05) is 6.61 Å². The van der Waals surface area contributed by atoms with Crippen molar-refractivity contribution in [1.29, 1.82) is 0 Å². The molecule has 0 unspecified atom stereocenters. The molecule has 138 valence electrons. The Morgan fingerprint density at radius 3 is 2.56 bits per heavy atom. The summed E-state index contributed by atoms with van der Waals surface area (Å²) in [6.45, 7) is 2.97. The molecule has 0 N–H and O–H groups in total. The lowest BCUT2D eigenvalue weighted by atomic mass is 9.97. The van der Waals surface area contributed by atoms with Gasteiger partial charge >= 0.3 is 5.97 Å². The minimum absolute atomic E-state index is 0.278. The fraction of sp³-hybridized carbons (Fsp3) is 0.273. The number of rotatable bonds is 4. The first-order valence-electron chi connectivity index (χ1n) is 9.29. The number of benzene rings is 1. The third-order valence-corrected chi connectivity index (χ3v) is 4.98. The Morgan fingerprint density at radius 2 is 1.85 bits per heavy atom. The van der Waals surface area contributed by atoms with E-state index in [0.29, 0.717) is 12.2 Å². The number of hydrogen-bond donors (Lipinski definition) is 0. The number of ether oxygens (including phenoxy) is 1. The molecular formula is C22H21FN2O2. The Morgan fingerprint density at radius 1 is 1.11 bits per heavy atom. The van der Waals surface area contributed by atoms with Gasteiger partial charge in [0.15, 0.2) is 0 Å². The van der Waals surface area contributed by atoms with E-state index in [1.165, 1.54) is 12.1 Å². The van der Waals surface area contributed by atoms with Crippen molar-refractivity contribution >= 4 is 5.97 Å². The van der Waals surface area contributed by atoms with E-state index in [2.05, 4.69) is 9.55 Å². The van der Waals surface area contributed by atoms with Crippen molar-refractivity contribution in [2.24, 2.45) is 0 Å². The van der Waals surface area contributed by atoms with Crippen LogP contribution in [0.15, 0.2) is 48.8 Å². The molecule has 0 spiro atoms. The molecule has 0 bridgehead atoms. The molecule has 1 aliphatic rings. The van der Waals surface area contributed by atoms with Gasteiger partial charge in [-0.15, -0.1) is 0 Å². The number of nitrogens with zero attached hydrogens (tertiary/aromatic N) is 2. The van der Waals surface area contributed by atoms with Crippen molar-refractivity contribution in [3.05, 3.63) is 65.9 Å². The maximum Gasteiger partial charge on any atom is 0.340 e. The highest BCUT2D eigenvalue weighted by Crippen LogP contribution is 2.41. The van der Waals surface area contributed by atoms with E-state index in [1.807, 2.05) is 19.1 Å². The van der Waals surface area contributed by atoms with Crippen molar-refractivity contribution in [3.8, 4) is 22.4 Å². The zero-order valence-corrected chi connectivity index (χ0v) is 15.2. The highest BCUT2D eigenvalue weighted by molar-refractivity contribution is 6.03. The molecule has 3 aromatic rings.